The molecule has 0 N–H and O–H groups in total. The van der Waals surface area contributed by atoms with Crippen molar-refractivity contribution >= 4 is 26.9 Å². The number of piperazine rings is 1. The van der Waals surface area contributed by atoms with Crippen LogP contribution in [-0.2, 0) is 21.4 Å². The van der Waals surface area contributed by atoms with Crippen LogP contribution < -0.4 is 0 Å². The summed E-state index contributed by atoms with van der Waals surface area (Å²) in [6.45, 7) is 0.870. The van der Waals surface area contributed by atoms with E-state index in [0.29, 0.717) is 11.1 Å². The van der Waals surface area contributed by atoms with E-state index in [2.05, 4.69) is 0 Å². The van der Waals surface area contributed by atoms with Crippen LogP contribution in [0.25, 0.3) is 11.0 Å². The molecule has 1 aliphatic rings. The largest absolute Gasteiger partial charge is 0.451 e. The van der Waals surface area contributed by atoms with Gasteiger partial charge in [0, 0.05) is 44.2 Å². The highest BCUT2D eigenvalue weighted by Gasteiger charge is 2.32. The first-order chi connectivity index (χ1) is 14.4. The Kier molecular flexibility index (Phi) is 5.59. The van der Waals surface area contributed by atoms with Gasteiger partial charge in [-0.3, -0.25) is 4.79 Å². The monoisotopic (exact) mass is 432 g/mol. The van der Waals surface area contributed by atoms with E-state index in [0.717, 1.165) is 11.5 Å². The van der Waals surface area contributed by atoms with Crippen LogP contribution in [0, 0.1) is 5.82 Å². The first kappa shape index (κ1) is 20.5. The summed E-state index contributed by atoms with van der Waals surface area (Å²) < 4.78 is 51.3. The van der Waals surface area contributed by atoms with E-state index in [1.165, 1.54) is 22.5 Å². The van der Waals surface area contributed by atoms with Crippen LogP contribution in [0.1, 0.15) is 16.1 Å². The average molecular weight is 432 g/mol. The molecule has 7 nitrogen and oxygen atoms in total. The van der Waals surface area contributed by atoms with Crippen LogP contribution in [0.5, 0.6) is 0 Å². The van der Waals surface area contributed by atoms with E-state index in [-0.39, 0.29) is 49.3 Å². The molecule has 0 aliphatic carbocycles. The zero-order valence-electron chi connectivity index (χ0n) is 16.4. The van der Waals surface area contributed by atoms with Crippen molar-refractivity contribution in [3.8, 4) is 0 Å². The summed E-state index contributed by atoms with van der Waals surface area (Å²) in [5.41, 5.74) is 1.27. The Labute approximate surface area is 173 Å². The van der Waals surface area contributed by atoms with Crippen molar-refractivity contribution in [2.45, 2.75) is 11.5 Å². The Morgan fingerprint density at radius 2 is 1.83 bits per heavy atom. The Morgan fingerprint density at radius 1 is 1.10 bits per heavy atom. The van der Waals surface area contributed by atoms with Crippen LogP contribution >= 0.6 is 0 Å². The predicted octanol–water partition coefficient (Wildman–Crippen LogP) is 2.87. The maximum atomic E-state index is 13.5. The Hall–Kier alpha value is -2.75. The molecule has 0 atom stereocenters. The molecule has 158 valence electrons. The Bertz CT molecular complexity index is 1180. The van der Waals surface area contributed by atoms with E-state index >= 15 is 0 Å². The normalized spacial score (nSPS) is 15.6. The molecule has 1 saturated heterocycles. The molecule has 1 fully saturated rings. The molecule has 0 unspecified atom stereocenters. The highest BCUT2D eigenvalue weighted by Crippen LogP contribution is 2.28. The number of furan rings is 1. The molecule has 1 aliphatic heterocycles. The Balaban J connectivity index is 1.53. The summed E-state index contributed by atoms with van der Waals surface area (Å²) in [7, 11) is -2.28. The van der Waals surface area contributed by atoms with E-state index in [1.54, 1.807) is 18.1 Å². The molecule has 0 saturated carbocycles. The lowest BCUT2D eigenvalue weighted by Gasteiger charge is -2.33. The summed E-state index contributed by atoms with van der Waals surface area (Å²) in [6.07, 6.45) is 0. The van der Waals surface area contributed by atoms with Gasteiger partial charge in [0.1, 0.15) is 11.4 Å². The molecular formula is C21H21FN2O5S. The van der Waals surface area contributed by atoms with Gasteiger partial charge in [0.25, 0.3) is 5.91 Å². The number of nitrogens with zero attached hydrogens (tertiary/aromatic N) is 2. The molecule has 4 rings (SSSR count). The second kappa shape index (κ2) is 8.17. The number of halogens is 1. The van der Waals surface area contributed by atoms with Gasteiger partial charge in [0.05, 0.1) is 11.5 Å². The van der Waals surface area contributed by atoms with Gasteiger partial charge in [-0.25, -0.2) is 12.8 Å². The topological polar surface area (TPSA) is 80.1 Å². The highest BCUT2D eigenvalue weighted by atomic mass is 32.2. The van der Waals surface area contributed by atoms with Crippen LogP contribution in [0.4, 0.5) is 4.39 Å². The third kappa shape index (κ3) is 3.71. The van der Waals surface area contributed by atoms with E-state index in [4.69, 9.17) is 9.15 Å². The van der Waals surface area contributed by atoms with Crippen molar-refractivity contribution < 1.29 is 26.8 Å². The van der Waals surface area contributed by atoms with Crippen molar-refractivity contribution in [3.63, 3.8) is 0 Å². The number of para-hydroxylation sites is 1. The van der Waals surface area contributed by atoms with Gasteiger partial charge < -0.3 is 14.1 Å². The van der Waals surface area contributed by atoms with Crippen molar-refractivity contribution in [2.24, 2.45) is 0 Å². The highest BCUT2D eigenvalue weighted by molar-refractivity contribution is 7.89. The molecule has 1 amide bonds. The number of hydrogen-bond donors (Lipinski definition) is 0. The minimum atomic E-state index is -3.82. The van der Waals surface area contributed by atoms with Crippen molar-refractivity contribution in [1.82, 2.24) is 9.21 Å². The summed E-state index contributed by atoms with van der Waals surface area (Å²) in [5.74, 6) is -0.707. The average Bonchev–Trinajstić information content (AvgIpc) is 3.12. The van der Waals surface area contributed by atoms with E-state index in [9.17, 15) is 17.6 Å². The fourth-order valence-electron chi connectivity index (χ4n) is 3.61. The minimum Gasteiger partial charge on any atom is -0.451 e. The zero-order valence-corrected chi connectivity index (χ0v) is 17.2. The molecule has 2 aromatic carbocycles. The molecular weight excluding hydrogens is 411 g/mol. The number of ether oxygens (including phenoxy) is 1. The SMILES string of the molecule is COCc1c(C(=O)N2CCN(S(=O)(=O)c3cccc(F)c3)CC2)oc2ccccc12. The summed E-state index contributed by atoms with van der Waals surface area (Å²) in [6, 6.07) is 12.3. The molecule has 0 radical (unpaired) electrons. The zero-order chi connectivity index (χ0) is 21.3. The number of fused-ring (bicyclic) bond motifs is 1. The number of rotatable bonds is 5. The lowest BCUT2D eigenvalue weighted by molar-refractivity contribution is 0.0662. The van der Waals surface area contributed by atoms with Crippen molar-refractivity contribution in [1.29, 1.82) is 0 Å². The molecule has 3 aromatic rings. The minimum absolute atomic E-state index is 0.0954. The van der Waals surface area contributed by atoms with Crippen LogP contribution in [0.3, 0.4) is 0 Å². The number of benzene rings is 2. The van der Waals surface area contributed by atoms with Gasteiger partial charge >= 0.3 is 0 Å². The lowest BCUT2D eigenvalue weighted by Crippen LogP contribution is -2.50. The molecule has 1 aromatic heterocycles. The predicted molar refractivity (Wildman–Crippen MR) is 108 cm³/mol. The summed E-state index contributed by atoms with van der Waals surface area (Å²) in [4.78, 5) is 14.6. The smallest absolute Gasteiger partial charge is 0.290 e. The number of carbonyl (C=O) groups excluding carboxylic acids is 1. The van der Waals surface area contributed by atoms with Crippen LogP contribution in [0.15, 0.2) is 57.8 Å². The summed E-state index contributed by atoms with van der Waals surface area (Å²) >= 11 is 0. The second-order valence-corrected chi connectivity index (χ2v) is 8.93. The number of sulfonamides is 1. The first-order valence-electron chi connectivity index (χ1n) is 9.46. The lowest BCUT2D eigenvalue weighted by atomic mass is 10.1. The fraction of sp³-hybridized carbons (Fsp3) is 0.286. The molecule has 2 heterocycles. The standard InChI is InChI=1S/C21H21FN2O5S/c1-28-14-18-17-7-2-3-8-19(17)29-20(18)21(25)23-9-11-24(12-10-23)30(26,27)16-6-4-5-15(22)13-16/h2-8,13H,9-12,14H2,1H3. The number of methoxy groups -OCH3 is 1. The maximum absolute atomic E-state index is 13.5. The van der Waals surface area contributed by atoms with Gasteiger partial charge in [-0.2, -0.15) is 4.31 Å². The maximum Gasteiger partial charge on any atom is 0.290 e. The fourth-order valence-corrected chi connectivity index (χ4v) is 5.07. The molecule has 30 heavy (non-hydrogen) atoms. The summed E-state index contributed by atoms with van der Waals surface area (Å²) in [5, 5.41) is 0.815. The van der Waals surface area contributed by atoms with Gasteiger partial charge in [-0.1, -0.05) is 24.3 Å². The van der Waals surface area contributed by atoms with Crippen molar-refractivity contribution in [3.05, 3.63) is 65.7 Å². The third-order valence-electron chi connectivity index (χ3n) is 5.14. The van der Waals surface area contributed by atoms with E-state index in [1.807, 2.05) is 18.2 Å². The van der Waals surface area contributed by atoms with Crippen molar-refractivity contribution in [2.75, 3.05) is 33.3 Å². The number of hydrogen-bond acceptors (Lipinski definition) is 5. The second-order valence-electron chi connectivity index (χ2n) is 6.99. The first-order valence-corrected chi connectivity index (χ1v) is 10.9. The van der Waals surface area contributed by atoms with Gasteiger partial charge in [0.2, 0.25) is 10.0 Å². The van der Waals surface area contributed by atoms with Gasteiger partial charge in [-0.15, -0.1) is 0 Å². The quantitative estimate of drug-likeness (QED) is 0.619. The third-order valence-corrected chi connectivity index (χ3v) is 7.04. The van der Waals surface area contributed by atoms with Crippen LogP contribution in [0.2, 0.25) is 0 Å². The number of carbonyl (C=O) groups is 1. The van der Waals surface area contributed by atoms with Gasteiger partial charge in [-0.05, 0) is 24.3 Å². The molecule has 9 heteroatoms. The molecule has 0 bridgehead atoms. The number of amides is 1. The molecule has 0 spiro atoms. The van der Waals surface area contributed by atoms with Gasteiger partial charge in [0.15, 0.2) is 5.76 Å². The van der Waals surface area contributed by atoms with E-state index < -0.39 is 15.8 Å². The Morgan fingerprint density at radius 3 is 2.53 bits per heavy atom. The van der Waals surface area contributed by atoms with Crippen LogP contribution in [-0.4, -0.2) is 56.8 Å².